The molecule has 114 valence electrons. The van der Waals surface area contributed by atoms with Gasteiger partial charge in [-0.3, -0.25) is 0 Å². The van der Waals surface area contributed by atoms with E-state index in [1.165, 1.54) is 4.88 Å². The molecule has 1 unspecified atom stereocenters. The summed E-state index contributed by atoms with van der Waals surface area (Å²) in [4.78, 5) is 5.95. The van der Waals surface area contributed by atoms with E-state index in [1.54, 1.807) is 11.3 Å². The Balaban J connectivity index is 2.24. The molecule has 0 saturated carbocycles. The first-order chi connectivity index (χ1) is 10.0. The summed E-state index contributed by atoms with van der Waals surface area (Å²) >= 11 is 11.7. The SMILES string of the molecule is CCCNC(Cc1nc(C)c(C)s1)c1ccc(Br)cc1Cl. The zero-order valence-corrected chi connectivity index (χ0v) is 15.7. The van der Waals surface area contributed by atoms with Gasteiger partial charge in [-0.1, -0.05) is 40.5 Å². The molecular formula is C16H20BrClN2S. The number of aromatic nitrogens is 1. The predicted octanol–water partition coefficient (Wildman–Crippen LogP) is 5.46. The van der Waals surface area contributed by atoms with E-state index >= 15 is 0 Å². The molecule has 1 aromatic carbocycles. The van der Waals surface area contributed by atoms with Crippen LogP contribution in [0.15, 0.2) is 22.7 Å². The van der Waals surface area contributed by atoms with Crippen molar-refractivity contribution in [2.75, 3.05) is 6.54 Å². The molecule has 0 amide bonds. The van der Waals surface area contributed by atoms with Gasteiger partial charge in [0, 0.05) is 26.8 Å². The maximum atomic E-state index is 6.42. The summed E-state index contributed by atoms with van der Waals surface area (Å²) in [5, 5.41) is 5.55. The van der Waals surface area contributed by atoms with Crippen LogP contribution >= 0.6 is 38.9 Å². The summed E-state index contributed by atoms with van der Waals surface area (Å²) in [5.41, 5.74) is 2.27. The standard InChI is InChI=1S/C16H20BrClN2S/c1-4-7-19-15(9-16-20-10(2)11(3)21-16)13-6-5-12(17)8-14(13)18/h5-6,8,15,19H,4,7,9H2,1-3H3. The number of nitrogens with one attached hydrogen (secondary N) is 1. The zero-order valence-electron chi connectivity index (χ0n) is 12.5. The fourth-order valence-electron chi connectivity index (χ4n) is 2.20. The average Bonchev–Trinajstić information content (AvgIpc) is 2.74. The van der Waals surface area contributed by atoms with Gasteiger partial charge in [-0.2, -0.15) is 0 Å². The van der Waals surface area contributed by atoms with E-state index in [9.17, 15) is 0 Å². The van der Waals surface area contributed by atoms with Crippen molar-refractivity contribution in [3.63, 3.8) is 0 Å². The largest absolute Gasteiger partial charge is 0.310 e. The maximum absolute atomic E-state index is 6.42. The Bertz CT molecular complexity index is 593. The lowest BCUT2D eigenvalue weighted by Gasteiger charge is -2.19. The number of hydrogen-bond acceptors (Lipinski definition) is 3. The van der Waals surface area contributed by atoms with Crippen molar-refractivity contribution in [3.8, 4) is 0 Å². The third-order valence-corrected chi connectivity index (χ3v) is 5.35. The number of thiazole rings is 1. The fraction of sp³-hybridized carbons (Fsp3) is 0.438. The first-order valence-corrected chi connectivity index (χ1v) is 9.11. The Kier molecular flexibility index (Phi) is 6.23. The molecule has 1 atom stereocenters. The number of nitrogens with zero attached hydrogens (tertiary/aromatic N) is 1. The zero-order chi connectivity index (χ0) is 15.4. The van der Waals surface area contributed by atoms with Gasteiger partial charge in [-0.25, -0.2) is 4.98 Å². The lowest BCUT2D eigenvalue weighted by Crippen LogP contribution is -2.24. The highest BCUT2D eigenvalue weighted by Crippen LogP contribution is 2.30. The smallest absolute Gasteiger partial charge is 0.0949 e. The summed E-state index contributed by atoms with van der Waals surface area (Å²) in [5.74, 6) is 0. The van der Waals surface area contributed by atoms with Gasteiger partial charge in [0.05, 0.1) is 10.7 Å². The van der Waals surface area contributed by atoms with Crippen LogP contribution in [0, 0.1) is 13.8 Å². The van der Waals surface area contributed by atoms with Gasteiger partial charge in [0.25, 0.3) is 0 Å². The van der Waals surface area contributed by atoms with E-state index in [1.807, 2.05) is 12.1 Å². The molecule has 5 heteroatoms. The molecule has 0 radical (unpaired) electrons. The monoisotopic (exact) mass is 386 g/mol. The normalized spacial score (nSPS) is 12.6. The van der Waals surface area contributed by atoms with Gasteiger partial charge in [-0.05, 0) is 44.5 Å². The van der Waals surface area contributed by atoms with Crippen LogP contribution in [0.5, 0.6) is 0 Å². The van der Waals surface area contributed by atoms with E-state index in [2.05, 4.69) is 53.1 Å². The Morgan fingerprint density at radius 2 is 2.14 bits per heavy atom. The minimum absolute atomic E-state index is 0.204. The van der Waals surface area contributed by atoms with Gasteiger partial charge in [0.1, 0.15) is 0 Å². The molecule has 0 fully saturated rings. The highest BCUT2D eigenvalue weighted by molar-refractivity contribution is 9.10. The van der Waals surface area contributed by atoms with Crippen molar-refractivity contribution in [2.45, 2.75) is 39.7 Å². The summed E-state index contributed by atoms with van der Waals surface area (Å²) < 4.78 is 1.01. The van der Waals surface area contributed by atoms with E-state index in [0.29, 0.717) is 0 Å². The van der Waals surface area contributed by atoms with Crippen molar-refractivity contribution < 1.29 is 0 Å². The Morgan fingerprint density at radius 1 is 1.38 bits per heavy atom. The highest BCUT2D eigenvalue weighted by atomic mass is 79.9. The van der Waals surface area contributed by atoms with Gasteiger partial charge in [-0.15, -0.1) is 11.3 Å². The fourth-order valence-corrected chi connectivity index (χ4v) is 3.98. The summed E-state index contributed by atoms with van der Waals surface area (Å²) in [6, 6.07) is 6.29. The molecule has 0 bridgehead atoms. The molecule has 21 heavy (non-hydrogen) atoms. The molecule has 2 nitrogen and oxygen atoms in total. The van der Waals surface area contributed by atoms with Gasteiger partial charge < -0.3 is 5.32 Å². The molecule has 1 N–H and O–H groups in total. The van der Waals surface area contributed by atoms with Crippen molar-refractivity contribution in [3.05, 3.63) is 48.8 Å². The van der Waals surface area contributed by atoms with Crippen molar-refractivity contribution in [2.24, 2.45) is 0 Å². The molecule has 1 aromatic heterocycles. The van der Waals surface area contributed by atoms with Crippen LogP contribution in [-0.2, 0) is 6.42 Å². The first-order valence-electron chi connectivity index (χ1n) is 7.12. The molecule has 1 heterocycles. The second-order valence-electron chi connectivity index (χ2n) is 5.13. The maximum Gasteiger partial charge on any atom is 0.0949 e. The number of rotatable bonds is 6. The molecule has 0 aliphatic carbocycles. The molecule has 2 rings (SSSR count). The minimum atomic E-state index is 0.204. The van der Waals surface area contributed by atoms with Crippen LogP contribution in [0.3, 0.4) is 0 Å². The van der Waals surface area contributed by atoms with Gasteiger partial charge >= 0.3 is 0 Å². The lowest BCUT2D eigenvalue weighted by molar-refractivity contribution is 0.528. The first kappa shape index (κ1) is 16.9. The topological polar surface area (TPSA) is 24.9 Å². The lowest BCUT2D eigenvalue weighted by atomic mass is 10.0. The molecule has 0 spiro atoms. The second-order valence-corrected chi connectivity index (χ2v) is 7.74. The van der Waals surface area contributed by atoms with Crippen LogP contribution in [0.2, 0.25) is 5.02 Å². The van der Waals surface area contributed by atoms with Gasteiger partial charge in [0.15, 0.2) is 0 Å². The third kappa shape index (κ3) is 4.52. The Morgan fingerprint density at radius 3 is 2.71 bits per heavy atom. The molecule has 2 aromatic rings. The van der Waals surface area contributed by atoms with Crippen LogP contribution in [0.1, 0.15) is 40.5 Å². The predicted molar refractivity (Wildman–Crippen MR) is 95.5 cm³/mol. The number of aryl methyl sites for hydroxylation is 2. The summed E-state index contributed by atoms with van der Waals surface area (Å²) in [7, 11) is 0. The number of hydrogen-bond donors (Lipinski definition) is 1. The quantitative estimate of drug-likeness (QED) is 0.712. The molecule has 0 saturated heterocycles. The van der Waals surface area contributed by atoms with Crippen LogP contribution in [0.25, 0.3) is 0 Å². The third-order valence-electron chi connectivity index (χ3n) is 3.43. The number of benzene rings is 1. The average molecular weight is 388 g/mol. The molecule has 0 aliphatic heterocycles. The highest BCUT2D eigenvalue weighted by Gasteiger charge is 2.17. The Hall–Kier alpha value is -0.420. The molecular weight excluding hydrogens is 368 g/mol. The van der Waals surface area contributed by atoms with Crippen molar-refractivity contribution in [1.82, 2.24) is 10.3 Å². The second kappa shape index (κ2) is 7.73. The van der Waals surface area contributed by atoms with Crippen molar-refractivity contribution >= 4 is 38.9 Å². The van der Waals surface area contributed by atoms with Crippen LogP contribution in [0.4, 0.5) is 0 Å². The summed E-state index contributed by atoms with van der Waals surface area (Å²) in [6.07, 6.45) is 1.97. The van der Waals surface area contributed by atoms with E-state index in [0.717, 1.165) is 45.1 Å². The summed E-state index contributed by atoms with van der Waals surface area (Å²) in [6.45, 7) is 7.33. The van der Waals surface area contributed by atoms with Crippen LogP contribution < -0.4 is 5.32 Å². The van der Waals surface area contributed by atoms with Gasteiger partial charge in [0.2, 0.25) is 0 Å². The van der Waals surface area contributed by atoms with E-state index in [4.69, 9.17) is 11.6 Å². The minimum Gasteiger partial charge on any atom is -0.310 e. The Labute approximate surface area is 144 Å². The van der Waals surface area contributed by atoms with Crippen molar-refractivity contribution in [1.29, 1.82) is 0 Å². The van der Waals surface area contributed by atoms with E-state index < -0.39 is 0 Å². The van der Waals surface area contributed by atoms with Crippen LogP contribution in [-0.4, -0.2) is 11.5 Å². The van der Waals surface area contributed by atoms with E-state index in [-0.39, 0.29) is 6.04 Å². The number of halogens is 2. The molecule has 0 aliphatic rings.